The predicted octanol–water partition coefficient (Wildman–Crippen LogP) is 1.58. The molecule has 3 rings (SSSR count). The zero-order valence-corrected chi connectivity index (χ0v) is 10.8. The van der Waals surface area contributed by atoms with Crippen molar-refractivity contribution in [1.82, 2.24) is 4.90 Å². The van der Waals surface area contributed by atoms with E-state index < -0.39 is 12.0 Å². The van der Waals surface area contributed by atoms with Crippen molar-refractivity contribution in [3.8, 4) is 0 Å². The van der Waals surface area contributed by atoms with Crippen LogP contribution in [0.3, 0.4) is 0 Å². The molecule has 0 bridgehead atoms. The van der Waals surface area contributed by atoms with Crippen molar-refractivity contribution in [3.05, 3.63) is 35.4 Å². The second kappa shape index (κ2) is 4.94. The van der Waals surface area contributed by atoms with Gasteiger partial charge in [0, 0.05) is 12.6 Å². The van der Waals surface area contributed by atoms with Crippen LogP contribution >= 0.6 is 0 Å². The molecule has 3 unspecified atom stereocenters. The SMILES string of the molecule is O=C(O)C1c2ccccc2CCN1C1CCCC1O. The molecule has 2 aliphatic rings. The van der Waals surface area contributed by atoms with E-state index in [0.717, 1.165) is 43.4 Å². The van der Waals surface area contributed by atoms with Gasteiger partial charge in [0.05, 0.1) is 6.10 Å². The van der Waals surface area contributed by atoms with Crippen LogP contribution in [0.4, 0.5) is 0 Å². The Labute approximate surface area is 112 Å². The lowest BCUT2D eigenvalue weighted by molar-refractivity contribution is -0.146. The minimum Gasteiger partial charge on any atom is -0.480 e. The number of carboxylic acids is 1. The molecule has 4 nitrogen and oxygen atoms in total. The fourth-order valence-electron chi connectivity index (χ4n) is 3.53. The van der Waals surface area contributed by atoms with Crippen LogP contribution in [-0.2, 0) is 11.2 Å². The number of hydrogen-bond acceptors (Lipinski definition) is 3. The Balaban J connectivity index is 1.96. The van der Waals surface area contributed by atoms with Gasteiger partial charge >= 0.3 is 5.97 Å². The van der Waals surface area contributed by atoms with E-state index in [1.54, 1.807) is 0 Å². The summed E-state index contributed by atoms with van der Waals surface area (Å²) in [5, 5.41) is 19.6. The topological polar surface area (TPSA) is 60.8 Å². The van der Waals surface area contributed by atoms with Crippen LogP contribution in [0.5, 0.6) is 0 Å². The lowest BCUT2D eigenvalue weighted by Crippen LogP contribution is -2.48. The van der Waals surface area contributed by atoms with E-state index in [9.17, 15) is 15.0 Å². The van der Waals surface area contributed by atoms with Gasteiger partial charge in [-0.2, -0.15) is 0 Å². The molecule has 1 aromatic carbocycles. The molecule has 0 radical (unpaired) electrons. The first kappa shape index (κ1) is 12.6. The highest BCUT2D eigenvalue weighted by atomic mass is 16.4. The molecule has 1 aliphatic carbocycles. The zero-order valence-electron chi connectivity index (χ0n) is 10.8. The third kappa shape index (κ3) is 2.15. The number of fused-ring (bicyclic) bond motifs is 1. The quantitative estimate of drug-likeness (QED) is 0.848. The maximum atomic E-state index is 11.7. The molecule has 0 spiro atoms. The Morgan fingerprint density at radius 3 is 2.74 bits per heavy atom. The molecule has 1 heterocycles. The van der Waals surface area contributed by atoms with Crippen LogP contribution in [-0.4, -0.2) is 39.8 Å². The number of rotatable bonds is 2. The van der Waals surface area contributed by atoms with E-state index in [1.165, 1.54) is 0 Å². The number of carboxylic acid groups (broad SMARTS) is 1. The normalized spacial score (nSPS) is 31.1. The molecule has 1 aliphatic heterocycles. The second-order valence-electron chi connectivity index (χ2n) is 5.49. The van der Waals surface area contributed by atoms with Gasteiger partial charge < -0.3 is 10.2 Å². The summed E-state index contributed by atoms with van der Waals surface area (Å²) in [6, 6.07) is 7.15. The van der Waals surface area contributed by atoms with Gasteiger partial charge in [0.2, 0.25) is 0 Å². The van der Waals surface area contributed by atoms with Gasteiger partial charge in [-0.15, -0.1) is 0 Å². The molecule has 4 heteroatoms. The third-order valence-corrected chi connectivity index (χ3v) is 4.42. The number of aliphatic hydroxyl groups excluding tert-OH is 1. The maximum absolute atomic E-state index is 11.7. The molecule has 1 saturated carbocycles. The van der Waals surface area contributed by atoms with Crippen molar-refractivity contribution < 1.29 is 15.0 Å². The van der Waals surface area contributed by atoms with Gasteiger partial charge in [0.15, 0.2) is 0 Å². The predicted molar refractivity (Wildman–Crippen MR) is 70.9 cm³/mol. The van der Waals surface area contributed by atoms with E-state index >= 15 is 0 Å². The van der Waals surface area contributed by atoms with Gasteiger partial charge in [0.25, 0.3) is 0 Å². The standard InChI is InChI=1S/C15H19NO3/c17-13-7-3-6-12(13)16-9-8-10-4-1-2-5-11(10)14(16)15(18)19/h1-2,4-5,12-14,17H,3,6-9H2,(H,18,19). The van der Waals surface area contributed by atoms with E-state index in [0.29, 0.717) is 0 Å². The van der Waals surface area contributed by atoms with Gasteiger partial charge in [-0.3, -0.25) is 9.69 Å². The monoisotopic (exact) mass is 261 g/mol. The molecule has 2 N–H and O–H groups in total. The minimum absolute atomic E-state index is 0.00513. The summed E-state index contributed by atoms with van der Waals surface area (Å²) in [5.74, 6) is -0.814. The highest BCUT2D eigenvalue weighted by Crippen LogP contribution is 2.36. The van der Waals surface area contributed by atoms with Gasteiger partial charge in [-0.05, 0) is 36.8 Å². The van der Waals surface area contributed by atoms with Crippen LogP contribution in [0.25, 0.3) is 0 Å². The molecule has 1 aromatic rings. The second-order valence-corrected chi connectivity index (χ2v) is 5.49. The van der Waals surface area contributed by atoms with E-state index in [2.05, 4.69) is 0 Å². The molecule has 0 aromatic heterocycles. The number of aliphatic carboxylic acids is 1. The van der Waals surface area contributed by atoms with Crippen molar-refractivity contribution in [3.63, 3.8) is 0 Å². The average Bonchev–Trinajstić information content (AvgIpc) is 2.83. The summed E-state index contributed by atoms with van der Waals surface area (Å²) in [4.78, 5) is 13.7. The fourth-order valence-corrected chi connectivity index (χ4v) is 3.53. The smallest absolute Gasteiger partial charge is 0.325 e. The van der Waals surface area contributed by atoms with Crippen molar-refractivity contribution >= 4 is 5.97 Å². The lowest BCUT2D eigenvalue weighted by atomic mass is 9.90. The molecule has 102 valence electrons. The van der Waals surface area contributed by atoms with Crippen LogP contribution < -0.4 is 0 Å². The number of aliphatic hydroxyl groups is 1. The molecular weight excluding hydrogens is 242 g/mol. The minimum atomic E-state index is -0.814. The Morgan fingerprint density at radius 2 is 2.05 bits per heavy atom. The molecule has 1 fully saturated rings. The summed E-state index contributed by atoms with van der Waals surface area (Å²) in [6.07, 6.45) is 3.15. The number of benzene rings is 1. The molecular formula is C15H19NO3. The molecule has 0 amide bonds. The Bertz CT molecular complexity index is 488. The fraction of sp³-hybridized carbons (Fsp3) is 0.533. The Morgan fingerprint density at radius 1 is 1.26 bits per heavy atom. The van der Waals surface area contributed by atoms with Crippen molar-refractivity contribution in [1.29, 1.82) is 0 Å². The zero-order chi connectivity index (χ0) is 13.4. The Kier molecular flexibility index (Phi) is 3.29. The van der Waals surface area contributed by atoms with E-state index in [-0.39, 0.29) is 12.1 Å². The lowest BCUT2D eigenvalue weighted by Gasteiger charge is -2.39. The number of nitrogens with zero attached hydrogens (tertiary/aromatic N) is 1. The average molecular weight is 261 g/mol. The summed E-state index contributed by atoms with van der Waals surface area (Å²) in [6.45, 7) is 0.718. The first-order chi connectivity index (χ1) is 9.18. The van der Waals surface area contributed by atoms with Crippen molar-refractivity contribution in [2.45, 2.75) is 43.9 Å². The van der Waals surface area contributed by atoms with Crippen LogP contribution in [0.1, 0.15) is 36.4 Å². The number of carbonyl (C=O) groups is 1. The first-order valence-electron chi connectivity index (χ1n) is 6.93. The van der Waals surface area contributed by atoms with E-state index in [4.69, 9.17) is 0 Å². The summed E-state index contributed by atoms with van der Waals surface area (Å²) in [7, 11) is 0. The van der Waals surface area contributed by atoms with Crippen molar-refractivity contribution in [2.24, 2.45) is 0 Å². The highest BCUT2D eigenvalue weighted by molar-refractivity contribution is 5.76. The molecule has 19 heavy (non-hydrogen) atoms. The first-order valence-corrected chi connectivity index (χ1v) is 6.93. The molecule has 0 saturated heterocycles. The molecule has 3 atom stereocenters. The third-order valence-electron chi connectivity index (χ3n) is 4.42. The van der Waals surface area contributed by atoms with Gasteiger partial charge in [0.1, 0.15) is 6.04 Å². The summed E-state index contributed by atoms with van der Waals surface area (Å²) in [5.41, 5.74) is 2.01. The Hall–Kier alpha value is -1.39. The summed E-state index contributed by atoms with van der Waals surface area (Å²) < 4.78 is 0. The number of hydrogen-bond donors (Lipinski definition) is 2. The van der Waals surface area contributed by atoms with Gasteiger partial charge in [-0.25, -0.2) is 0 Å². The van der Waals surface area contributed by atoms with Crippen LogP contribution in [0, 0.1) is 0 Å². The van der Waals surface area contributed by atoms with Crippen LogP contribution in [0.2, 0.25) is 0 Å². The largest absolute Gasteiger partial charge is 0.480 e. The van der Waals surface area contributed by atoms with Gasteiger partial charge in [-0.1, -0.05) is 24.3 Å². The van der Waals surface area contributed by atoms with Crippen molar-refractivity contribution in [2.75, 3.05) is 6.54 Å². The van der Waals surface area contributed by atoms with Crippen LogP contribution in [0.15, 0.2) is 24.3 Å². The summed E-state index contributed by atoms with van der Waals surface area (Å²) >= 11 is 0. The van der Waals surface area contributed by atoms with E-state index in [1.807, 2.05) is 29.2 Å². The highest BCUT2D eigenvalue weighted by Gasteiger charge is 2.40. The maximum Gasteiger partial charge on any atom is 0.325 e.